The lowest BCUT2D eigenvalue weighted by Gasteiger charge is -2.19. The smallest absolute Gasteiger partial charge is 0.311 e. The van der Waals surface area contributed by atoms with Gasteiger partial charge < -0.3 is 15.0 Å². The average Bonchev–Trinajstić information content (AvgIpc) is 3.12. The maximum absolute atomic E-state index is 12.4. The fourth-order valence-corrected chi connectivity index (χ4v) is 3.27. The third-order valence-electron chi connectivity index (χ3n) is 4.80. The van der Waals surface area contributed by atoms with Crippen molar-refractivity contribution in [3.63, 3.8) is 0 Å². The van der Waals surface area contributed by atoms with Crippen molar-refractivity contribution in [3.8, 4) is 0 Å². The molecule has 2 aromatic rings. The Hall–Kier alpha value is -3.15. The number of nitrogens with zero attached hydrogens (tertiary/aromatic N) is 1. The second-order valence-corrected chi connectivity index (χ2v) is 6.76. The predicted octanol–water partition coefficient (Wildman–Crippen LogP) is 2.46. The Kier molecular flexibility index (Phi) is 6.42. The minimum Gasteiger partial charge on any atom is -0.455 e. The Morgan fingerprint density at radius 1 is 1.11 bits per heavy atom. The zero-order valence-electron chi connectivity index (χ0n) is 15.9. The van der Waals surface area contributed by atoms with Gasteiger partial charge in [-0.3, -0.25) is 14.4 Å². The number of aryl methyl sites for hydroxylation is 1. The maximum atomic E-state index is 12.4. The molecule has 0 saturated carbocycles. The molecule has 1 fully saturated rings. The van der Waals surface area contributed by atoms with Crippen LogP contribution in [0.4, 0.5) is 5.69 Å². The second kappa shape index (κ2) is 9.17. The first-order valence-electron chi connectivity index (χ1n) is 9.44. The summed E-state index contributed by atoms with van der Waals surface area (Å²) >= 11 is 0. The molecular formula is C22H24N2O4. The fraction of sp³-hybridized carbons (Fsp3) is 0.318. The van der Waals surface area contributed by atoms with Gasteiger partial charge in [0.05, 0.1) is 5.92 Å². The van der Waals surface area contributed by atoms with Crippen molar-refractivity contribution in [2.45, 2.75) is 26.3 Å². The summed E-state index contributed by atoms with van der Waals surface area (Å²) in [6.45, 7) is 2.34. The molecule has 2 amide bonds. The van der Waals surface area contributed by atoms with Crippen molar-refractivity contribution in [2.24, 2.45) is 5.92 Å². The molecule has 1 heterocycles. The van der Waals surface area contributed by atoms with Crippen molar-refractivity contribution in [3.05, 3.63) is 65.7 Å². The maximum Gasteiger partial charge on any atom is 0.311 e. The topological polar surface area (TPSA) is 75.7 Å². The summed E-state index contributed by atoms with van der Waals surface area (Å²) in [5, 5.41) is 2.71. The van der Waals surface area contributed by atoms with Gasteiger partial charge in [-0.25, -0.2) is 0 Å². The number of anilines is 1. The van der Waals surface area contributed by atoms with Crippen LogP contribution in [0, 0.1) is 5.92 Å². The standard InChI is InChI=1S/C22H24N2O4/c1-2-17-10-6-7-11-19(17)24-14-18(12-21(24)26)22(27)28-15-20(25)23-13-16-8-4-3-5-9-16/h3-11,18H,2,12-15H2,1H3,(H,23,25)/t18-/m0/s1. The highest BCUT2D eigenvalue weighted by molar-refractivity contribution is 6.00. The number of benzene rings is 2. The zero-order valence-corrected chi connectivity index (χ0v) is 15.9. The normalized spacial score (nSPS) is 16.1. The number of rotatable bonds is 7. The first kappa shape index (κ1) is 19.6. The van der Waals surface area contributed by atoms with Crippen molar-refractivity contribution in [1.82, 2.24) is 5.32 Å². The first-order valence-corrected chi connectivity index (χ1v) is 9.44. The molecule has 2 aromatic carbocycles. The lowest BCUT2D eigenvalue weighted by Crippen LogP contribution is -2.31. The molecule has 0 aromatic heterocycles. The van der Waals surface area contributed by atoms with Gasteiger partial charge in [-0.2, -0.15) is 0 Å². The summed E-state index contributed by atoms with van der Waals surface area (Å²) < 4.78 is 5.14. The van der Waals surface area contributed by atoms with Crippen LogP contribution in [0.2, 0.25) is 0 Å². The number of para-hydroxylation sites is 1. The van der Waals surface area contributed by atoms with Crippen LogP contribution in [0.1, 0.15) is 24.5 Å². The molecular weight excluding hydrogens is 356 g/mol. The van der Waals surface area contributed by atoms with Crippen LogP contribution in [-0.2, 0) is 32.1 Å². The Bertz CT molecular complexity index is 851. The third-order valence-corrected chi connectivity index (χ3v) is 4.80. The number of amides is 2. The summed E-state index contributed by atoms with van der Waals surface area (Å²) in [5.41, 5.74) is 2.87. The fourth-order valence-electron chi connectivity index (χ4n) is 3.27. The van der Waals surface area contributed by atoms with Crippen LogP contribution in [0.3, 0.4) is 0 Å². The van der Waals surface area contributed by atoms with E-state index in [2.05, 4.69) is 5.32 Å². The summed E-state index contributed by atoms with van der Waals surface area (Å²) in [5.74, 6) is -1.54. The number of nitrogens with one attached hydrogen (secondary N) is 1. The molecule has 0 spiro atoms. The predicted molar refractivity (Wildman–Crippen MR) is 106 cm³/mol. The molecule has 28 heavy (non-hydrogen) atoms. The summed E-state index contributed by atoms with van der Waals surface area (Å²) in [6.07, 6.45) is 0.902. The molecule has 1 atom stereocenters. The number of ether oxygens (including phenoxy) is 1. The highest BCUT2D eigenvalue weighted by Gasteiger charge is 2.36. The average molecular weight is 380 g/mol. The van der Waals surface area contributed by atoms with E-state index in [9.17, 15) is 14.4 Å². The zero-order chi connectivity index (χ0) is 19.9. The van der Waals surface area contributed by atoms with E-state index in [4.69, 9.17) is 4.74 Å². The van der Waals surface area contributed by atoms with Gasteiger partial charge >= 0.3 is 5.97 Å². The van der Waals surface area contributed by atoms with Gasteiger partial charge in [0.1, 0.15) is 0 Å². The van der Waals surface area contributed by atoms with Crippen LogP contribution < -0.4 is 10.2 Å². The molecule has 0 unspecified atom stereocenters. The van der Waals surface area contributed by atoms with Crippen molar-refractivity contribution >= 4 is 23.5 Å². The van der Waals surface area contributed by atoms with E-state index in [0.29, 0.717) is 6.54 Å². The Morgan fingerprint density at radius 3 is 2.57 bits per heavy atom. The number of carbonyl (C=O) groups excluding carboxylic acids is 3. The van der Waals surface area contributed by atoms with Crippen LogP contribution in [0.5, 0.6) is 0 Å². The minimum absolute atomic E-state index is 0.0997. The van der Waals surface area contributed by atoms with E-state index < -0.39 is 11.9 Å². The number of esters is 1. The molecule has 0 radical (unpaired) electrons. The summed E-state index contributed by atoms with van der Waals surface area (Å²) in [6, 6.07) is 17.2. The van der Waals surface area contributed by atoms with Crippen LogP contribution in [0.15, 0.2) is 54.6 Å². The monoisotopic (exact) mass is 380 g/mol. The molecule has 1 aliphatic heterocycles. The SMILES string of the molecule is CCc1ccccc1N1C[C@@H](C(=O)OCC(=O)NCc2ccccc2)CC1=O. The molecule has 6 heteroatoms. The van der Waals surface area contributed by atoms with Gasteiger partial charge in [0.2, 0.25) is 5.91 Å². The van der Waals surface area contributed by atoms with Crippen molar-refractivity contribution in [1.29, 1.82) is 0 Å². The molecule has 1 N–H and O–H groups in total. The Balaban J connectivity index is 1.50. The number of hydrogen-bond donors (Lipinski definition) is 1. The van der Waals surface area contributed by atoms with E-state index in [0.717, 1.165) is 23.2 Å². The van der Waals surface area contributed by atoms with Gasteiger partial charge in [-0.05, 0) is 23.6 Å². The van der Waals surface area contributed by atoms with Gasteiger partial charge in [0.15, 0.2) is 6.61 Å². The van der Waals surface area contributed by atoms with Crippen molar-refractivity contribution in [2.75, 3.05) is 18.1 Å². The molecule has 6 nitrogen and oxygen atoms in total. The second-order valence-electron chi connectivity index (χ2n) is 6.76. The van der Waals surface area contributed by atoms with E-state index in [1.807, 2.05) is 61.5 Å². The molecule has 146 valence electrons. The molecule has 1 saturated heterocycles. The quantitative estimate of drug-likeness (QED) is 0.749. The lowest BCUT2D eigenvalue weighted by molar-refractivity contribution is -0.152. The molecule has 0 bridgehead atoms. The van der Waals surface area contributed by atoms with E-state index in [1.54, 1.807) is 4.90 Å². The summed E-state index contributed by atoms with van der Waals surface area (Å²) in [4.78, 5) is 38.3. The Labute approximate surface area is 164 Å². The Morgan fingerprint density at radius 2 is 1.82 bits per heavy atom. The van der Waals surface area contributed by atoms with Crippen LogP contribution in [-0.4, -0.2) is 30.9 Å². The highest BCUT2D eigenvalue weighted by atomic mass is 16.5. The number of hydrogen-bond acceptors (Lipinski definition) is 4. The third kappa shape index (κ3) is 4.76. The van der Waals surface area contributed by atoms with Gasteiger partial charge in [0.25, 0.3) is 5.91 Å². The van der Waals surface area contributed by atoms with Gasteiger partial charge in [-0.1, -0.05) is 55.5 Å². The van der Waals surface area contributed by atoms with E-state index >= 15 is 0 Å². The van der Waals surface area contributed by atoms with Gasteiger partial charge in [0, 0.05) is 25.2 Å². The number of carbonyl (C=O) groups is 3. The molecule has 0 aliphatic carbocycles. The minimum atomic E-state index is -0.556. The van der Waals surface area contributed by atoms with Crippen LogP contribution >= 0.6 is 0 Å². The van der Waals surface area contributed by atoms with E-state index in [1.165, 1.54) is 0 Å². The van der Waals surface area contributed by atoms with Crippen molar-refractivity contribution < 1.29 is 19.1 Å². The lowest BCUT2D eigenvalue weighted by atomic mass is 10.1. The van der Waals surface area contributed by atoms with Crippen LogP contribution in [0.25, 0.3) is 0 Å². The largest absolute Gasteiger partial charge is 0.455 e. The molecule has 1 aliphatic rings. The highest BCUT2D eigenvalue weighted by Crippen LogP contribution is 2.29. The molecule has 3 rings (SSSR count). The summed E-state index contributed by atoms with van der Waals surface area (Å²) in [7, 11) is 0. The van der Waals surface area contributed by atoms with Gasteiger partial charge in [-0.15, -0.1) is 0 Å². The van der Waals surface area contributed by atoms with E-state index in [-0.39, 0.29) is 31.4 Å². The first-order chi connectivity index (χ1) is 13.6.